The quantitative estimate of drug-likeness (QED) is 0.909. The smallest absolute Gasteiger partial charge is 0.322 e. The number of alkyl halides is 1. The molecule has 0 radical (unpaired) electrons. The summed E-state index contributed by atoms with van der Waals surface area (Å²) >= 11 is 0. The largest absolute Gasteiger partial charge is 0.480 e. The van der Waals surface area contributed by atoms with Gasteiger partial charge in [-0.05, 0) is 18.2 Å². The molecule has 1 saturated heterocycles. The first-order valence-corrected chi connectivity index (χ1v) is 7.01. The van der Waals surface area contributed by atoms with Crippen molar-refractivity contribution in [3.63, 3.8) is 0 Å². The summed E-state index contributed by atoms with van der Waals surface area (Å²) in [5.41, 5.74) is 0. The Balaban J connectivity index is 2.43. The maximum absolute atomic E-state index is 13.3. The molecule has 0 bridgehead atoms. The molecule has 0 saturated carbocycles. The molecule has 2 atom stereocenters. The lowest BCUT2D eigenvalue weighted by atomic mass is 10.2. The predicted molar refractivity (Wildman–Crippen MR) is 61.2 cm³/mol. The lowest BCUT2D eigenvalue weighted by molar-refractivity contribution is -0.140. The molecule has 0 spiro atoms. The highest BCUT2D eigenvalue weighted by Crippen LogP contribution is 2.28. The number of hydrogen-bond acceptors (Lipinski definition) is 3. The standard InChI is InChI=1S/C11H10F3NO4S/c12-6-3-10(11(16)17)15(5-6)20(18,19)7-1-2-8(13)9(14)4-7/h1-2,4,6,10H,3,5H2,(H,16,17). The van der Waals surface area contributed by atoms with Gasteiger partial charge in [-0.2, -0.15) is 4.31 Å². The van der Waals surface area contributed by atoms with Gasteiger partial charge in [0.2, 0.25) is 10.0 Å². The van der Waals surface area contributed by atoms with Crippen molar-refractivity contribution in [1.82, 2.24) is 4.31 Å². The van der Waals surface area contributed by atoms with Crippen molar-refractivity contribution in [1.29, 1.82) is 0 Å². The SMILES string of the molecule is O=C(O)C1CC(F)CN1S(=O)(=O)c1ccc(F)c(F)c1. The molecule has 1 aromatic rings. The van der Waals surface area contributed by atoms with Crippen molar-refractivity contribution in [2.24, 2.45) is 0 Å². The van der Waals surface area contributed by atoms with E-state index in [2.05, 4.69) is 0 Å². The summed E-state index contributed by atoms with van der Waals surface area (Å²) in [6.45, 7) is -0.627. The van der Waals surface area contributed by atoms with Gasteiger partial charge in [0.25, 0.3) is 0 Å². The molecule has 1 N–H and O–H groups in total. The Kier molecular flexibility index (Phi) is 3.74. The van der Waals surface area contributed by atoms with Crippen LogP contribution < -0.4 is 0 Å². The molecule has 5 nitrogen and oxygen atoms in total. The highest BCUT2D eigenvalue weighted by molar-refractivity contribution is 7.89. The third kappa shape index (κ3) is 2.50. The van der Waals surface area contributed by atoms with Gasteiger partial charge < -0.3 is 5.11 Å². The fourth-order valence-corrected chi connectivity index (χ4v) is 3.65. The molecule has 1 fully saturated rings. The maximum atomic E-state index is 13.3. The molecule has 110 valence electrons. The Morgan fingerprint density at radius 2 is 1.95 bits per heavy atom. The molecule has 2 rings (SSSR count). The Morgan fingerprint density at radius 1 is 1.30 bits per heavy atom. The number of halogens is 3. The second-order valence-corrected chi connectivity index (χ2v) is 6.23. The minimum absolute atomic E-state index is 0.440. The highest BCUT2D eigenvalue weighted by Gasteiger charge is 2.44. The first-order valence-electron chi connectivity index (χ1n) is 5.57. The van der Waals surface area contributed by atoms with Crippen LogP contribution in [0, 0.1) is 11.6 Å². The van der Waals surface area contributed by atoms with E-state index in [9.17, 15) is 26.4 Å². The van der Waals surface area contributed by atoms with Crippen LogP contribution in [-0.2, 0) is 14.8 Å². The average molecular weight is 309 g/mol. The topological polar surface area (TPSA) is 74.7 Å². The number of carbonyl (C=O) groups is 1. The van der Waals surface area contributed by atoms with Crippen molar-refractivity contribution < 1.29 is 31.5 Å². The summed E-state index contributed by atoms with van der Waals surface area (Å²) in [5, 5.41) is 8.90. The summed E-state index contributed by atoms with van der Waals surface area (Å²) in [7, 11) is -4.40. The van der Waals surface area contributed by atoms with Crippen LogP contribution in [0.1, 0.15) is 6.42 Å². The van der Waals surface area contributed by atoms with Crippen molar-refractivity contribution >= 4 is 16.0 Å². The second-order valence-electron chi connectivity index (χ2n) is 4.34. The Morgan fingerprint density at radius 3 is 2.50 bits per heavy atom. The number of aliphatic carboxylic acids is 1. The van der Waals surface area contributed by atoms with E-state index in [1.807, 2.05) is 0 Å². The molecule has 9 heteroatoms. The maximum Gasteiger partial charge on any atom is 0.322 e. The molecule has 1 heterocycles. The van der Waals surface area contributed by atoms with Crippen LogP contribution in [0.15, 0.2) is 23.1 Å². The Labute approximate surface area is 112 Å². The van der Waals surface area contributed by atoms with Crippen LogP contribution in [0.5, 0.6) is 0 Å². The molecule has 1 aromatic carbocycles. The van der Waals surface area contributed by atoms with Crippen LogP contribution in [0.25, 0.3) is 0 Å². The number of hydrogen-bond donors (Lipinski definition) is 1. The molecule has 1 aliphatic heterocycles. The monoisotopic (exact) mass is 309 g/mol. The first-order chi connectivity index (χ1) is 9.23. The van der Waals surface area contributed by atoms with Crippen LogP contribution in [-0.4, -0.2) is 42.6 Å². The minimum atomic E-state index is -4.40. The van der Waals surface area contributed by atoms with Crippen molar-refractivity contribution in [2.75, 3.05) is 6.54 Å². The zero-order chi connectivity index (χ0) is 15.1. The molecular formula is C11H10F3NO4S. The summed E-state index contributed by atoms with van der Waals surface area (Å²) < 4.78 is 63.9. The fraction of sp³-hybridized carbons (Fsp3) is 0.364. The normalized spacial score (nSPS) is 23.9. The zero-order valence-corrected chi connectivity index (χ0v) is 10.8. The number of benzene rings is 1. The van der Waals surface area contributed by atoms with Gasteiger partial charge in [0.1, 0.15) is 12.2 Å². The van der Waals surface area contributed by atoms with E-state index in [-0.39, 0.29) is 0 Å². The summed E-state index contributed by atoms with van der Waals surface area (Å²) in [4.78, 5) is 10.3. The first kappa shape index (κ1) is 14.8. The van der Waals surface area contributed by atoms with Crippen LogP contribution in [0.2, 0.25) is 0 Å². The van der Waals surface area contributed by atoms with Gasteiger partial charge in [-0.25, -0.2) is 21.6 Å². The Bertz CT molecular complexity index is 649. The van der Waals surface area contributed by atoms with Crippen LogP contribution in [0.4, 0.5) is 13.2 Å². The third-order valence-corrected chi connectivity index (χ3v) is 4.86. The van der Waals surface area contributed by atoms with Gasteiger partial charge in [0.05, 0.1) is 4.90 Å². The van der Waals surface area contributed by atoms with Crippen LogP contribution >= 0.6 is 0 Å². The summed E-state index contributed by atoms with van der Waals surface area (Å²) in [6, 6.07) is 0.303. The van der Waals surface area contributed by atoms with Crippen molar-refractivity contribution in [3.05, 3.63) is 29.8 Å². The van der Waals surface area contributed by atoms with E-state index < -0.39 is 57.7 Å². The molecule has 0 aliphatic carbocycles. The molecule has 0 aromatic heterocycles. The van der Waals surface area contributed by atoms with Crippen molar-refractivity contribution in [3.8, 4) is 0 Å². The van der Waals surface area contributed by atoms with E-state index in [0.29, 0.717) is 16.4 Å². The summed E-state index contributed by atoms with van der Waals surface area (Å²) in [5.74, 6) is -4.10. The van der Waals surface area contributed by atoms with Gasteiger partial charge in [-0.1, -0.05) is 0 Å². The fourth-order valence-electron chi connectivity index (χ4n) is 2.02. The molecule has 2 unspecified atom stereocenters. The molecule has 0 amide bonds. The van der Waals surface area contributed by atoms with E-state index >= 15 is 0 Å². The Hall–Kier alpha value is -1.61. The number of rotatable bonds is 3. The van der Waals surface area contributed by atoms with E-state index in [0.717, 1.165) is 6.07 Å². The van der Waals surface area contributed by atoms with Crippen LogP contribution in [0.3, 0.4) is 0 Å². The lowest BCUT2D eigenvalue weighted by Crippen LogP contribution is -2.40. The third-order valence-electron chi connectivity index (χ3n) is 2.99. The summed E-state index contributed by atoms with van der Waals surface area (Å²) in [6.07, 6.45) is -2.09. The van der Waals surface area contributed by atoms with Gasteiger partial charge in [-0.3, -0.25) is 4.79 Å². The molecule has 20 heavy (non-hydrogen) atoms. The number of carboxylic acid groups (broad SMARTS) is 1. The van der Waals surface area contributed by atoms with Gasteiger partial charge in [-0.15, -0.1) is 0 Å². The molecular weight excluding hydrogens is 299 g/mol. The van der Waals surface area contributed by atoms with Gasteiger partial charge in [0.15, 0.2) is 11.6 Å². The van der Waals surface area contributed by atoms with Crippen molar-refractivity contribution in [2.45, 2.75) is 23.5 Å². The van der Waals surface area contributed by atoms with E-state index in [1.165, 1.54) is 0 Å². The van der Waals surface area contributed by atoms with Gasteiger partial charge >= 0.3 is 5.97 Å². The highest BCUT2D eigenvalue weighted by atomic mass is 32.2. The lowest BCUT2D eigenvalue weighted by Gasteiger charge is -2.20. The second kappa shape index (κ2) is 5.06. The molecule has 1 aliphatic rings. The zero-order valence-electron chi connectivity index (χ0n) is 9.96. The minimum Gasteiger partial charge on any atom is -0.480 e. The predicted octanol–water partition coefficient (Wildman–Crippen LogP) is 1.15. The van der Waals surface area contributed by atoms with E-state index in [1.54, 1.807) is 0 Å². The number of nitrogens with zero attached hydrogens (tertiary/aromatic N) is 1. The number of carboxylic acids is 1. The number of sulfonamides is 1. The van der Waals surface area contributed by atoms with E-state index in [4.69, 9.17) is 5.11 Å². The van der Waals surface area contributed by atoms with Gasteiger partial charge in [0, 0.05) is 13.0 Å². The average Bonchev–Trinajstić information content (AvgIpc) is 2.75.